The minimum atomic E-state index is -0.0995. The Morgan fingerprint density at radius 2 is 2.35 bits per heavy atom. The van der Waals surface area contributed by atoms with Crippen LogP contribution in [0.25, 0.3) is 0 Å². The summed E-state index contributed by atoms with van der Waals surface area (Å²) in [7, 11) is 3.50. The molecule has 2 aliphatic heterocycles. The fourth-order valence-corrected chi connectivity index (χ4v) is 4.75. The van der Waals surface area contributed by atoms with E-state index in [0.717, 1.165) is 31.6 Å². The number of thioether (sulfide) groups is 1. The summed E-state index contributed by atoms with van der Waals surface area (Å²) in [5.41, 5.74) is 0. The molecule has 5 unspecified atom stereocenters. The Balaban J connectivity index is 1.43. The summed E-state index contributed by atoms with van der Waals surface area (Å²) in [5.74, 6) is 0.917. The molecule has 26 heavy (non-hydrogen) atoms. The van der Waals surface area contributed by atoms with Crippen LogP contribution < -0.4 is 21.2 Å². The van der Waals surface area contributed by atoms with Crippen LogP contribution in [0.2, 0.25) is 0 Å². The van der Waals surface area contributed by atoms with Gasteiger partial charge in [-0.15, -0.1) is 0 Å². The average Bonchev–Trinajstić information content (AvgIpc) is 3.16. The molecule has 3 amide bonds. The first kappa shape index (κ1) is 21.6. The summed E-state index contributed by atoms with van der Waals surface area (Å²) in [5, 5.41) is 12.5. The Morgan fingerprint density at radius 1 is 1.50 bits per heavy atom. The van der Waals surface area contributed by atoms with Gasteiger partial charge in [0.25, 0.3) is 0 Å². The second-order valence-electron chi connectivity index (χ2n) is 6.64. The van der Waals surface area contributed by atoms with Crippen LogP contribution in [-0.4, -0.2) is 68.0 Å². The van der Waals surface area contributed by atoms with Crippen LogP contribution in [0, 0.1) is 0 Å². The van der Waals surface area contributed by atoms with Gasteiger partial charge in [-0.1, -0.05) is 0 Å². The van der Waals surface area contributed by atoms with Gasteiger partial charge in [0, 0.05) is 11.0 Å². The molecule has 0 spiro atoms. The van der Waals surface area contributed by atoms with Crippen LogP contribution in [0.5, 0.6) is 0 Å². The fraction of sp³-hybridized carbons (Fsp3) is 0.867. The van der Waals surface area contributed by atoms with Gasteiger partial charge in [-0.25, -0.2) is 4.79 Å². The van der Waals surface area contributed by atoms with E-state index < -0.39 is 0 Å². The number of amides is 3. The molecule has 8 nitrogen and oxygen atoms in total. The van der Waals surface area contributed by atoms with Crippen LogP contribution in [0.3, 0.4) is 0 Å². The van der Waals surface area contributed by atoms with E-state index in [4.69, 9.17) is 4.74 Å². The molecule has 0 aromatic heterocycles. The Labute approximate surface area is 162 Å². The van der Waals surface area contributed by atoms with Crippen molar-refractivity contribution in [2.45, 2.75) is 56.0 Å². The van der Waals surface area contributed by atoms with Crippen molar-refractivity contribution in [1.82, 2.24) is 21.2 Å². The molecule has 2 fully saturated rings. The minimum Gasteiger partial charge on any atom is -0.332 e. The van der Waals surface area contributed by atoms with E-state index >= 15 is 0 Å². The summed E-state index contributed by atoms with van der Waals surface area (Å²) in [6.07, 6.45) is 3.72. The van der Waals surface area contributed by atoms with E-state index in [0.29, 0.717) is 37.0 Å². The number of hydrogen-bond donors (Lipinski definition) is 4. The quantitative estimate of drug-likeness (QED) is 0.164. The van der Waals surface area contributed by atoms with Crippen LogP contribution in [0.15, 0.2) is 4.67 Å². The molecule has 0 aromatic rings. The number of carbonyl (C=O) groups excluding carboxylic acids is 2. The number of carbonyl (C=O) groups is 2. The molecule has 0 aliphatic carbocycles. The fourth-order valence-electron chi connectivity index (χ4n) is 3.13. The Morgan fingerprint density at radius 3 is 3.15 bits per heavy atom. The summed E-state index contributed by atoms with van der Waals surface area (Å²) < 4.78 is 9.13. The van der Waals surface area contributed by atoms with Crippen molar-refractivity contribution in [2.75, 3.05) is 25.5 Å². The molecule has 2 saturated heterocycles. The third-order valence-corrected chi connectivity index (χ3v) is 6.15. The normalized spacial score (nSPS) is 25.5. The minimum absolute atomic E-state index is 0.0178. The molecule has 146 valence electrons. The third kappa shape index (κ3) is 7.51. The van der Waals surface area contributed by atoms with Gasteiger partial charge in [-0.05, 0) is 0 Å². The SMILES string of the molecule is CC(COCCC(=O)N/B=N\P)NCCCCC1SCC2NC(=O)NC21. The maximum absolute atomic E-state index is 11.4. The zero-order valence-electron chi connectivity index (χ0n) is 15.2. The summed E-state index contributed by atoms with van der Waals surface area (Å²) in [6.45, 7) is 4.03. The summed E-state index contributed by atoms with van der Waals surface area (Å²) in [6, 6.07) is 0.848. The average molecular weight is 401 g/mol. The van der Waals surface area contributed by atoms with E-state index in [-0.39, 0.29) is 18.0 Å². The predicted octanol–water partition coefficient (Wildman–Crippen LogP) is 0.416. The van der Waals surface area contributed by atoms with E-state index in [1.54, 1.807) is 0 Å². The Bertz CT molecular complexity index is 502. The van der Waals surface area contributed by atoms with Gasteiger partial charge in [0.15, 0.2) is 0 Å². The molecule has 4 N–H and O–H groups in total. The van der Waals surface area contributed by atoms with Crippen LogP contribution >= 0.6 is 21.2 Å². The number of urea groups is 1. The van der Waals surface area contributed by atoms with E-state index in [9.17, 15) is 9.59 Å². The molecule has 5 atom stereocenters. The number of unbranched alkanes of at least 4 members (excludes halogenated alkanes) is 1. The van der Waals surface area contributed by atoms with Crippen molar-refractivity contribution in [1.29, 1.82) is 0 Å². The first-order valence-corrected chi connectivity index (χ1v) is 10.7. The molecular weight excluding hydrogens is 372 g/mol. The van der Waals surface area contributed by atoms with E-state index in [2.05, 4.69) is 42.2 Å². The van der Waals surface area contributed by atoms with Gasteiger partial charge in [-0.3, -0.25) is 0 Å². The van der Waals surface area contributed by atoms with Crippen molar-refractivity contribution in [2.24, 2.45) is 4.67 Å². The first-order chi connectivity index (χ1) is 12.6. The van der Waals surface area contributed by atoms with Gasteiger partial charge in [0.2, 0.25) is 0 Å². The maximum atomic E-state index is 11.4. The van der Waals surface area contributed by atoms with Crippen molar-refractivity contribution >= 4 is 40.3 Å². The van der Waals surface area contributed by atoms with Crippen molar-refractivity contribution in [3.05, 3.63) is 0 Å². The van der Waals surface area contributed by atoms with Gasteiger partial charge >= 0.3 is 112 Å². The zero-order chi connectivity index (χ0) is 18.8. The molecule has 0 bridgehead atoms. The van der Waals surface area contributed by atoms with Gasteiger partial charge in [0.05, 0.1) is 12.1 Å². The summed E-state index contributed by atoms with van der Waals surface area (Å²) in [4.78, 5) is 22.7. The van der Waals surface area contributed by atoms with Crippen LogP contribution in [-0.2, 0) is 9.53 Å². The number of hydrogen-bond acceptors (Lipinski definition) is 6. The van der Waals surface area contributed by atoms with Crippen molar-refractivity contribution in [3.8, 4) is 0 Å². The first-order valence-electron chi connectivity index (χ1n) is 9.11. The Kier molecular flexibility index (Phi) is 9.89. The molecule has 2 aliphatic rings. The van der Waals surface area contributed by atoms with Gasteiger partial charge < -0.3 is 10.6 Å². The monoisotopic (exact) mass is 401 g/mol. The van der Waals surface area contributed by atoms with Crippen LogP contribution in [0.4, 0.5) is 4.79 Å². The number of ether oxygens (including phenoxy) is 1. The molecule has 2 rings (SSSR count). The number of rotatable bonds is 12. The topological polar surface area (TPSA) is 104 Å². The second kappa shape index (κ2) is 11.9. The van der Waals surface area contributed by atoms with Gasteiger partial charge in [-0.2, -0.15) is 11.8 Å². The third-order valence-electron chi connectivity index (χ3n) is 4.49. The Hall–Kier alpha value is -0.695. The second-order valence-corrected chi connectivity index (χ2v) is 8.21. The molecule has 0 aromatic carbocycles. The van der Waals surface area contributed by atoms with Crippen molar-refractivity contribution < 1.29 is 14.3 Å². The number of nitrogens with zero attached hydrogens (tertiary/aromatic N) is 1. The smallest absolute Gasteiger partial charge is 0.332 e. The van der Waals surface area contributed by atoms with E-state index in [1.807, 2.05) is 11.8 Å². The van der Waals surface area contributed by atoms with E-state index in [1.165, 1.54) is 7.21 Å². The number of nitrogens with one attached hydrogen (secondary N) is 4. The standard InChI is InChI=1S/C15H29BN5O3PS/c1-10(8-24-7-5-13(22)20-16-21-25)17-6-3-2-4-12-14-11(9-26-12)18-15(23)19-14/h10-12,14,17H,2-9,25H2,1H3,(H,20,22)(H2,18,19,23). The van der Waals surface area contributed by atoms with Crippen molar-refractivity contribution in [3.63, 3.8) is 0 Å². The molecule has 11 heteroatoms. The van der Waals surface area contributed by atoms with Crippen LogP contribution in [0.1, 0.15) is 32.6 Å². The molecule has 0 radical (unpaired) electrons. The molecular formula is C15H29BN5O3PS. The zero-order valence-corrected chi connectivity index (χ0v) is 17.2. The molecule has 0 saturated carbocycles. The molecule has 2 heterocycles. The summed E-state index contributed by atoms with van der Waals surface area (Å²) >= 11 is 1.96. The predicted molar refractivity (Wildman–Crippen MR) is 108 cm³/mol. The van der Waals surface area contributed by atoms with Gasteiger partial charge in [0.1, 0.15) is 0 Å². The number of fused-ring (bicyclic) bond motifs is 1.